The maximum atomic E-state index is 11.6. The molecule has 0 bridgehead atoms. The van der Waals surface area contributed by atoms with Gasteiger partial charge in [-0.2, -0.15) is 0 Å². The molecule has 1 aromatic heterocycles. The number of methoxy groups -OCH3 is 1. The van der Waals surface area contributed by atoms with Crippen LogP contribution >= 0.6 is 23.7 Å². The summed E-state index contributed by atoms with van der Waals surface area (Å²) in [6, 6.07) is 0. The number of rotatable bonds is 6. The lowest BCUT2D eigenvalue weighted by Crippen LogP contribution is -2.28. The minimum absolute atomic E-state index is 0. The van der Waals surface area contributed by atoms with Crippen LogP contribution in [0.3, 0.4) is 0 Å². The Bertz CT molecular complexity index is 367. The van der Waals surface area contributed by atoms with Crippen molar-refractivity contribution in [3.8, 4) is 0 Å². The summed E-state index contributed by atoms with van der Waals surface area (Å²) in [7, 11) is 1.55. The number of hydrogen-bond donors (Lipinski definition) is 2. The van der Waals surface area contributed by atoms with E-state index in [0.29, 0.717) is 17.6 Å². The second-order valence-electron chi connectivity index (χ2n) is 4.07. The summed E-state index contributed by atoms with van der Waals surface area (Å²) in [5, 5.41) is 3.38. The van der Waals surface area contributed by atoms with Crippen LogP contribution in [0.25, 0.3) is 0 Å². The quantitative estimate of drug-likeness (QED) is 0.841. The van der Waals surface area contributed by atoms with E-state index in [1.54, 1.807) is 13.3 Å². The van der Waals surface area contributed by atoms with Crippen molar-refractivity contribution in [1.29, 1.82) is 0 Å². The van der Waals surface area contributed by atoms with E-state index in [2.05, 4.69) is 24.1 Å². The molecule has 0 aromatic carbocycles. The third-order valence-electron chi connectivity index (χ3n) is 2.35. The highest BCUT2D eigenvalue weighted by atomic mass is 35.5. The molecule has 0 spiro atoms. The average Bonchev–Trinajstić information content (AvgIpc) is 2.74. The van der Waals surface area contributed by atoms with Crippen LogP contribution in [-0.4, -0.2) is 30.6 Å². The van der Waals surface area contributed by atoms with Gasteiger partial charge in [-0.25, -0.2) is 4.98 Å². The van der Waals surface area contributed by atoms with Crippen molar-refractivity contribution < 1.29 is 9.53 Å². The summed E-state index contributed by atoms with van der Waals surface area (Å²) in [4.78, 5) is 16.9. The first-order valence-corrected chi connectivity index (χ1v) is 6.36. The fraction of sp³-hybridized carbons (Fsp3) is 0.636. The van der Waals surface area contributed by atoms with E-state index in [-0.39, 0.29) is 30.8 Å². The molecular weight excluding hydrogens is 274 g/mol. The summed E-state index contributed by atoms with van der Waals surface area (Å²) in [5.74, 6) is 0.306. The van der Waals surface area contributed by atoms with E-state index < -0.39 is 0 Å². The Balaban J connectivity index is 0.00000289. The molecule has 1 heterocycles. The first-order valence-electron chi connectivity index (χ1n) is 5.55. The van der Waals surface area contributed by atoms with Crippen molar-refractivity contribution in [3.05, 3.63) is 11.1 Å². The monoisotopic (exact) mass is 293 g/mol. The molecule has 1 unspecified atom stereocenters. The molecule has 0 aliphatic heterocycles. The second kappa shape index (κ2) is 8.42. The molecule has 1 amide bonds. The zero-order valence-electron chi connectivity index (χ0n) is 10.8. The van der Waals surface area contributed by atoms with Crippen LogP contribution in [0.2, 0.25) is 0 Å². The number of anilines is 1. The number of carbonyl (C=O) groups is 1. The Hall–Kier alpha value is -0.690. The zero-order chi connectivity index (χ0) is 12.8. The summed E-state index contributed by atoms with van der Waals surface area (Å²) >= 11 is 1.50. The summed E-state index contributed by atoms with van der Waals surface area (Å²) in [5.41, 5.74) is 5.45. The standard InChI is InChI=1S/C11H19N3O2S.ClH/c1-7(2)9-6-13-11(17-9)14-10(15)4-8(5-12)16-3;/h6-8H,4-5,12H2,1-3H3,(H,13,14,15);1H. The van der Waals surface area contributed by atoms with Crippen molar-refractivity contribution in [2.75, 3.05) is 19.0 Å². The molecule has 104 valence electrons. The number of nitrogens with zero attached hydrogens (tertiary/aromatic N) is 1. The largest absolute Gasteiger partial charge is 0.380 e. The van der Waals surface area contributed by atoms with Gasteiger partial charge in [0.15, 0.2) is 5.13 Å². The number of thiazole rings is 1. The van der Waals surface area contributed by atoms with Crippen LogP contribution in [0, 0.1) is 0 Å². The Morgan fingerprint density at radius 3 is 2.72 bits per heavy atom. The SMILES string of the molecule is COC(CN)CC(=O)Nc1ncc(C(C)C)s1.Cl. The van der Waals surface area contributed by atoms with Gasteiger partial charge in [0.25, 0.3) is 0 Å². The minimum atomic E-state index is -0.237. The van der Waals surface area contributed by atoms with Crippen molar-refractivity contribution in [2.24, 2.45) is 5.73 Å². The molecule has 1 aromatic rings. The fourth-order valence-electron chi connectivity index (χ4n) is 1.25. The lowest BCUT2D eigenvalue weighted by molar-refractivity contribution is -0.118. The molecule has 0 fully saturated rings. The highest BCUT2D eigenvalue weighted by molar-refractivity contribution is 7.15. The van der Waals surface area contributed by atoms with Gasteiger partial charge in [0.1, 0.15) is 0 Å². The molecule has 1 atom stereocenters. The van der Waals surface area contributed by atoms with Crippen LogP contribution in [0.5, 0.6) is 0 Å². The van der Waals surface area contributed by atoms with Gasteiger partial charge in [0, 0.05) is 24.7 Å². The van der Waals surface area contributed by atoms with E-state index >= 15 is 0 Å². The van der Waals surface area contributed by atoms with Crippen LogP contribution in [0.1, 0.15) is 31.1 Å². The van der Waals surface area contributed by atoms with Gasteiger partial charge in [-0.1, -0.05) is 13.8 Å². The van der Waals surface area contributed by atoms with E-state index in [4.69, 9.17) is 10.5 Å². The maximum absolute atomic E-state index is 11.6. The van der Waals surface area contributed by atoms with Gasteiger partial charge in [0.05, 0.1) is 12.5 Å². The second-order valence-corrected chi connectivity index (χ2v) is 5.13. The number of carbonyl (C=O) groups excluding carboxylic acids is 1. The summed E-state index contributed by atoms with van der Waals surface area (Å²) < 4.78 is 5.05. The fourth-order valence-corrected chi connectivity index (χ4v) is 2.09. The molecular formula is C11H20ClN3O2S. The molecule has 0 saturated carbocycles. The van der Waals surface area contributed by atoms with Crippen LogP contribution in [-0.2, 0) is 9.53 Å². The topological polar surface area (TPSA) is 77.2 Å². The predicted molar refractivity (Wildman–Crippen MR) is 76.5 cm³/mol. The van der Waals surface area contributed by atoms with Gasteiger partial charge in [-0.15, -0.1) is 23.7 Å². The average molecular weight is 294 g/mol. The van der Waals surface area contributed by atoms with Crippen molar-refractivity contribution >= 4 is 34.8 Å². The van der Waals surface area contributed by atoms with E-state index in [9.17, 15) is 4.79 Å². The third-order valence-corrected chi connectivity index (χ3v) is 3.56. The number of hydrogen-bond acceptors (Lipinski definition) is 5. The van der Waals surface area contributed by atoms with Gasteiger partial charge in [-0.3, -0.25) is 4.79 Å². The normalized spacial score (nSPS) is 12.1. The van der Waals surface area contributed by atoms with E-state index in [1.807, 2.05) is 0 Å². The van der Waals surface area contributed by atoms with Gasteiger partial charge in [-0.05, 0) is 5.92 Å². The number of amides is 1. The highest BCUT2D eigenvalue weighted by Crippen LogP contribution is 2.25. The van der Waals surface area contributed by atoms with Gasteiger partial charge < -0.3 is 15.8 Å². The molecule has 1 rings (SSSR count). The van der Waals surface area contributed by atoms with E-state index in [0.717, 1.165) is 4.88 Å². The van der Waals surface area contributed by atoms with E-state index in [1.165, 1.54) is 11.3 Å². The van der Waals surface area contributed by atoms with Crippen LogP contribution < -0.4 is 11.1 Å². The van der Waals surface area contributed by atoms with Crippen LogP contribution in [0.15, 0.2) is 6.20 Å². The lowest BCUT2D eigenvalue weighted by atomic mass is 10.2. The Morgan fingerprint density at radius 1 is 1.61 bits per heavy atom. The first kappa shape index (κ1) is 17.3. The molecule has 5 nitrogen and oxygen atoms in total. The number of nitrogens with two attached hydrogens (primary N) is 1. The maximum Gasteiger partial charge on any atom is 0.228 e. The molecule has 0 aliphatic carbocycles. The molecule has 0 saturated heterocycles. The van der Waals surface area contributed by atoms with Gasteiger partial charge >= 0.3 is 0 Å². The summed E-state index contributed by atoms with van der Waals surface area (Å²) in [6.07, 6.45) is 1.81. The Morgan fingerprint density at radius 2 is 2.28 bits per heavy atom. The molecule has 18 heavy (non-hydrogen) atoms. The molecule has 3 N–H and O–H groups in total. The molecule has 7 heteroatoms. The van der Waals surface area contributed by atoms with Crippen LogP contribution in [0.4, 0.5) is 5.13 Å². The molecule has 0 aliphatic rings. The smallest absolute Gasteiger partial charge is 0.228 e. The number of ether oxygens (including phenoxy) is 1. The van der Waals surface area contributed by atoms with Crippen molar-refractivity contribution in [3.63, 3.8) is 0 Å². The van der Waals surface area contributed by atoms with Crippen molar-refractivity contribution in [2.45, 2.75) is 32.3 Å². The molecule has 0 radical (unpaired) electrons. The minimum Gasteiger partial charge on any atom is -0.380 e. The highest BCUT2D eigenvalue weighted by Gasteiger charge is 2.13. The van der Waals surface area contributed by atoms with Crippen molar-refractivity contribution in [1.82, 2.24) is 4.98 Å². The number of aromatic nitrogens is 1. The predicted octanol–water partition coefficient (Wildman–Crippen LogP) is 1.99. The first-order chi connectivity index (χ1) is 8.06. The Labute approximate surface area is 118 Å². The lowest BCUT2D eigenvalue weighted by Gasteiger charge is -2.11. The summed E-state index contributed by atoms with van der Waals surface area (Å²) in [6.45, 7) is 4.52. The number of nitrogens with one attached hydrogen (secondary N) is 1. The third kappa shape index (κ3) is 5.30. The Kier molecular flexibility index (Phi) is 8.10. The zero-order valence-corrected chi connectivity index (χ0v) is 12.4. The number of halogens is 1. The van der Waals surface area contributed by atoms with Gasteiger partial charge in [0.2, 0.25) is 5.91 Å².